The normalized spacial score (nSPS) is 11.5. The lowest BCUT2D eigenvalue weighted by Gasteiger charge is -2.14. The van der Waals surface area contributed by atoms with Gasteiger partial charge in [-0.1, -0.05) is 13.0 Å². The first kappa shape index (κ1) is 18.5. The van der Waals surface area contributed by atoms with Gasteiger partial charge in [-0.3, -0.25) is 0 Å². The Morgan fingerprint density at radius 1 is 1.20 bits per heavy atom. The molecule has 0 saturated heterocycles. The molecular formula is C18H23N3O4. The number of nitrogens with one attached hydrogen (secondary N) is 2. The number of aliphatic hydroxyl groups is 1. The van der Waals surface area contributed by atoms with Gasteiger partial charge in [0.05, 0.1) is 19.8 Å². The number of benzene rings is 1. The molecule has 0 spiro atoms. The maximum Gasteiger partial charge on any atom is 0.315 e. The van der Waals surface area contributed by atoms with Crippen molar-refractivity contribution in [1.29, 1.82) is 0 Å². The topological polar surface area (TPSA) is 92.7 Å². The molecule has 25 heavy (non-hydrogen) atoms. The molecule has 134 valence electrons. The number of hydrogen-bond acceptors (Lipinski definition) is 5. The van der Waals surface area contributed by atoms with Gasteiger partial charge in [-0.05, 0) is 36.2 Å². The van der Waals surface area contributed by atoms with E-state index in [0.717, 1.165) is 11.3 Å². The molecule has 2 rings (SSSR count). The molecule has 0 bridgehead atoms. The number of aliphatic hydroxyl groups excluding tert-OH is 1. The molecule has 7 heteroatoms. The van der Waals surface area contributed by atoms with E-state index >= 15 is 0 Å². The molecule has 1 heterocycles. The lowest BCUT2D eigenvalue weighted by Crippen LogP contribution is -2.43. The molecule has 0 aliphatic rings. The van der Waals surface area contributed by atoms with Crippen molar-refractivity contribution in [3.05, 3.63) is 48.2 Å². The minimum Gasteiger partial charge on any atom is -0.497 e. The number of nitrogens with zero attached hydrogens (tertiary/aromatic N) is 1. The minimum absolute atomic E-state index is 0.0805. The molecule has 2 aromatic rings. The zero-order valence-corrected chi connectivity index (χ0v) is 14.4. The zero-order valence-electron chi connectivity index (χ0n) is 14.4. The number of carbonyl (C=O) groups excluding carboxylic acids is 1. The number of aromatic nitrogens is 1. The number of amides is 2. The third-order valence-corrected chi connectivity index (χ3v) is 3.58. The van der Waals surface area contributed by atoms with Crippen LogP contribution in [0.2, 0.25) is 0 Å². The molecule has 1 aromatic heterocycles. The molecule has 0 aliphatic heterocycles. The molecule has 1 aromatic carbocycles. The van der Waals surface area contributed by atoms with E-state index in [1.165, 1.54) is 0 Å². The van der Waals surface area contributed by atoms with Gasteiger partial charge in [-0.25, -0.2) is 9.78 Å². The van der Waals surface area contributed by atoms with Gasteiger partial charge in [-0.15, -0.1) is 0 Å². The Bertz CT molecular complexity index is 655. The highest BCUT2D eigenvalue weighted by Gasteiger charge is 2.08. The van der Waals surface area contributed by atoms with Crippen molar-refractivity contribution in [2.75, 3.05) is 13.7 Å². The van der Waals surface area contributed by atoms with Gasteiger partial charge in [0, 0.05) is 18.8 Å². The van der Waals surface area contributed by atoms with Gasteiger partial charge in [-0.2, -0.15) is 0 Å². The summed E-state index contributed by atoms with van der Waals surface area (Å²) in [4.78, 5) is 15.9. The van der Waals surface area contributed by atoms with Crippen LogP contribution in [0.15, 0.2) is 42.6 Å². The fourth-order valence-corrected chi connectivity index (χ4v) is 2.04. The largest absolute Gasteiger partial charge is 0.497 e. The monoisotopic (exact) mass is 345 g/mol. The predicted molar refractivity (Wildman–Crippen MR) is 93.8 cm³/mol. The number of rotatable bonds is 8. The van der Waals surface area contributed by atoms with E-state index in [9.17, 15) is 4.79 Å². The Morgan fingerprint density at radius 2 is 1.92 bits per heavy atom. The van der Waals surface area contributed by atoms with Crippen LogP contribution < -0.4 is 20.1 Å². The van der Waals surface area contributed by atoms with Crippen molar-refractivity contribution in [2.45, 2.75) is 25.9 Å². The first-order chi connectivity index (χ1) is 12.1. The van der Waals surface area contributed by atoms with Gasteiger partial charge in [0.1, 0.15) is 11.5 Å². The van der Waals surface area contributed by atoms with Gasteiger partial charge in [0.15, 0.2) is 0 Å². The minimum atomic E-state index is -0.320. The average molecular weight is 345 g/mol. The number of ether oxygens (including phenoxy) is 2. The average Bonchev–Trinajstić information content (AvgIpc) is 2.66. The standard InChI is InChI=1S/C18H23N3O4/c1-3-14(12-22)21-18(23)20-11-13-4-9-17(19-10-13)25-16-7-5-15(24-2)6-8-16/h4-10,14,22H,3,11-12H2,1-2H3,(H2,20,21,23)/t14-/m1/s1. The van der Waals surface area contributed by atoms with Crippen LogP contribution in [0.4, 0.5) is 4.79 Å². The molecule has 3 N–H and O–H groups in total. The predicted octanol–water partition coefficient (Wildman–Crippen LogP) is 2.45. The number of carbonyl (C=O) groups is 1. The quantitative estimate of drug-likeness (QED) is 0.683. The Hall–Kier alpha value is -2.80. The van der Waals surface area contributed by atoms with E-state index in [1.807, 2.05) is 25.1 Å². The van der Waals surface area contributed by atoms with Crippen molar-refractivity contribution in [2.24, 2.45) is 0 Å². The SMILES string of the molecule is CC[C@H](CO)NC(=O)NCc1ccc(Oc2ccc(OC)cc2)nc1. The highest BCUT2D eigenvalue weighted by Crippen LogP contribution is 2.22. The van der Waals surface area contributed by atoms with E-state index in [-0.39, 0.29) is 18.7 Å². The van der Waals surface area contributed by atoms with E-state index in [0.29, 0.717) is 24.6 Å². The Morgan fingerprint density at radius 3 is 2.48 bits per heavy atom. The summed E-state index contributed by atoms with van der Waals surface area (Å²) >= 11 is 0. The van der Waals surface area contributed by atoms with Gasteiger partial charge in [0.2, 0.25) is 5.88 Å². The summed E-state index contributed by atoms with van der Waals surface area (Å²) in [5, 5.41) is 14.5. The maximum absolute atomic E-state index is 11.7. The van der Waals surface area contributed by atoms with Crippen LogP contribution >= 0.6 is 0 Å². The second kappa shape index (κ2) is 9.48. The van der Waals surface area contributed by atoms with E-state index < -0.39 is 0 Å². The Balaban J connectivity index is 1.83. The highest BCUT2D eigenvalue weighted by molar-refractivity contribution is 5.74. The summed E-state index contributed by atoms with van der Waals surface area (Å²) in [7, 11) is 1.61. The number of hydrogen-bond donors (Lipinski definition) is 3. The van der Waals surface area contributed by atoms with Crippen LogP contribution in [0, 0.1) is 0 Å². The molecule has 7 nitrogen and oxygen atoms in total. The second-order valence-electron chi connectivity index (χ2n) is 5.40. The second-order valence-corrected chi connectivity index (χ2v) is 5.40. The summed E-state index contributed by atoms with van der Waals surface area (Å²) in [5.41, 5.74) is 0.842. The van der Waals surface area contributed by atoms with Crippen LogP contribution in [0.3, 0.4) is 0 Å². The maximum atomic E-state index is 11.7. The molecule has 0 fully saturated rings. The molecule has 0 saturated carbocycles. The summed E-state index contributed by atoms with van der Waals surface area (Å²) in [6.45, 7) is 2.15. The number of pyridine rings is 1. The summed E-state index contributed by atoms with van der Waals surface area (Å²) < 4.78 is 10.7. The molecular weight excluding hydrogens is 322 g/mol. The van der Waals surface area contributed by atoms with Crippen LogP contribution in [0.5, 0.6) is 17.4 Å². The van der Waals surface area contributed by atoms with Gasteiger partial charge >= 0.3 is 6.03 Å². The van der Waals surface area contributed by atoms with E-state index in [1.54, 1.807) is 31.5 Å². The number of urea groups is 1. The Kier molecular flexibility index (Phi) is 7.03. The summed E-state index contributed by atoms with van der Waals surface area (Å²) in [6.07, 6.45) is 2.31. The molecule has 0 unspecified atom stereocenters. The van der Waals surface area contributed by atoms with Crippen LogP contribution in [0.1, 0.15) is 18.9 Å². The fourth-order valence-electron chi connectivity index (χ4n) is 2.04. The lowest BCUT2D eigenvalue weighted by atomic mass is 10.2. The lowest BCUT2D eigenvalue weighted by molar-refractivity contribution is 0.214. The van der Waals surface area contributed by atoms with E-state index in [4.69, 9.17) is 14.6 Å². The first-order valence-corrected chi connectivity index (χ1v) is 8.06. The molecule has 0 radical (unpaired) electrons. The first-order valence-electron chi connectivity index (χ1n) is 8.06. The molecule has 2 amide bonds. The highest BCUT2D eigenvalue weighted by atomic mass is 16.5. The van der Waals surface area contributed by atoms with Crippen LogP contribution in [-0.2, 0) is 6.54 Å². The third-order valence-electron chi connectivity index (χ3n) is 3.58. The fraction of sp³-hybridized carbons (Fsp3) is 0.333. The summed E-state index contributed by atoms with van der Waals surface area (Å²) in [6, 6.07) is 10.2. The van der Waals surface area contributed by atoms with Crippen molar-refractivity contribution in [3.63, 3.8) is 0 Å². The molecule has 0 aliphatic carbocycles. The third kappa shape index (κ3) is 5.96. The van der Waals surface area contributed by atoms with Gasteiger partial charge in [0.25, 0.3) is 0 Å². The smallest absolute Gasteiger partial charge is 0.315 e. The van der Waals surface area contributed by atoms with Crippen molar-refractivity contribution in [1.82, 2.24) is 15.6 Å². The van der Waals surface area contributed by atoms with Crippen LogP contribution in [-0.4, -0.2) is 35.9 Å². The Labute approximate surface area is 147 Å². The molecule has 1 atom stereocenters. The van der Waals surface area contributed by atoms with E-state index in [2.05, 4.69) is 15.6 Å². The van der Waals surface area contributed by atoms with Crippen molar-refractivity contribution < 1.29 is 19.4 Å². The van der Waals surface area contributed by atoms with Crippen molar-refractivity contribution in [3.8, 4) is 17.4 Å². The zero-order chi connectivity index (χ0) is 18.1. The number of methoxy groups -OCH3 is 1. The van der Waals surface area contributed by atoms with Gasteiger partial charge < -0.3 is 25.2 Å². The summed E-state index contributed by atoms with van der Waals surface area (Å²) in [5.74, 6) is 1.88. The van der Waals surface area contributed by atoms with Crippen LogP contribution in [0.25, 0.3) is 0 Å². The van der Waals surface area contributed by atoms with Crippen molar-refractivity contribution >= 4 is 6.03 Å².